The summed E-state index contributed by atoms with van der Waals surface area (Å²) < 4.78 is 0. The number of fused-ring (bicyclic) bond motifs is 1. The Morgan fingerprint density at radius 2 is 2.58 bits per heavy atom. The Kier molecular flexibility index (Phi) is 1.73. The molecule has 1 fully saturated rings. The van der Waals surface area contributed by atoms with E-state index in [1.165, 1.54) is 0 Å². The van der Waals surface area contributed by atoms with Crippen molar-refractivity contribution >= 4 is 17.7 Å². The standard InChI is InChI=1S/C8H10N2OS/c1-2-5-3-10-7(11)6(9)8(10)12-4-5/h2-3,6,8H,1,4,9H2/t6?,8-/m0/s1. The van der Waals surface area contributed by atoms with Gasteiger partial charge >= 0.3 is 0 Å². The van der Waals surface area contributed by atoms with Gasteiger partial charge in [0.2, 0.25) is 5.91 Å². The third-order valence-corrected chi connectivity index (χ3v) is 3.47. The van der Waals surface area contributed by atoms with Crippen LogP contribution in [0.1, 0.15) is 0 Å². The first-order valence-corrected chi connectivity index (χ1v) is 4.81. The average molecular weight is 182 g/mol. The molecule has 1 saturated heterocycles. The largest absolute Gasteiger partial charge is 0.317 e. The van der Waals surface area contributed by atoms with Gasteiger partial charge in [-0.1, -0.05) is 12.7 Å². The minimum Gasteiger partial charge on any atom is -0.317 e. The minimum atomic E-state index is -0.294. The zero-order chi connectivity index (χ0) is 8.72. The number of nitrogens with zero attached hydrogens (tertiary/aromatic N) is 1. The Morgan fingerprint density at radius 3 is 3.25 bits per heavy atom. The van der Waals surface area contributed by atoms with Gasteiger partial charge in [0, 0.05) is 12.0 Å². The summed E-state index contributed by atoms with van der Waals surface area (Å²) in [5.41, 5.74) is 6.69. The normalized spacial score (nSPS) is 33.6. The van der Waals surface area contributed by atoms with E-state index in [9.17, 15) is 4.79 Å². The van der Waals surface area contributed by atoms with Gasteiger partial charge in [-0.05, 0) is 5.57 Å². The van der Waals surface area contributed by atoms with Crippen molar-refractivity contribution in [1.82, 2.24) is 4.90 Å². The molecule has 1 amide bonds. The van der Waals surface area contributed by atoms with Crippen LogP contribution in [0.25, 0.3) is 0 Å². The highest BCUT2D eigenvalue weighted by atomic mass is 32.2. The predicted molar refractivity (Wildman–Crippen MR) is 49.3 cm³/mol. The van der Waals surface area contributed by atoms with E-state index in [0.29, 0.717) is 0 Å². The number of amides is 1. The van der Waals surface area contributed by atoms with Gasteiger partial charge in [-0.25, -0.2) is 0 Å². The summed E-state index contributed by atoms with van der Waals surface area (Å²) in [7, 11) is 0. The molecule has 2 rings (SSSR count). The molecule has 0 radical (unpaired) electrons. The third-order valence-electron chi connectivity index (χ3n) is 2.11. The lowest BCUT2D eigenvalue weighted by molar-refractivity contribution is -0.140. The first kappa shape index (κ1) is 7.89. The highest BCUT2D eigenvalue weighted by molar-refractivity contribution is 8.00. The number of allylic oxidation sites excluding steroid dienone is 1. The Labute approximate surface area is 75.3 Å². The molecule has 12 heavy (non-hydrogen) atoms. The lowest BCUT2D eigenvalue weighted by Gasteiger charge is -2.45. The highest BCUT2D eigenvalue weighted by Gasteiger charge is 2.45. The molecular weight excluding hydrogens is 172 g/mol. The van der Waals surface area contributed by atoms with E-state index in [1.54, 1.807) is 22.7 Å². The van der Waals surface area contributed by atoms with Gasteiger partial charge in [-0.15, -0.1) is 11.8 Å². The maximum Gasteiger partial charge on any atom is 0.247 e. The highest BCUT2D eigenvalue weighted by Crippen LogP contribution is 2.34. The second-order valence-electron chi connectivity index (χ2n) is 2.88. The number of rotatable bonds is 1. The van der Waals surface area contributed by atoms with Crippen LogP contribution >= 0.6 is 11.8 Å². The Hall–Kier alpha value is -0.740. The zero-order valence-corrected chi connectivity index (χ0v) is 7.38. The molecule has 1 unspecified atom stereocenters. The number of nitrogens with two attached hydrogens (primary N) is 1. The lowest BCUT2D eigenvalue weighted by atomic mass is 10.1. The van der Waals surface area contributed by atoms with Gasteiger partial charge < -0.3 is 10.6 Å². The van der Waals surface area contributed by atoms with Crippen LogP contribution in [-0.2, 0) is 4.79 Å². The molecule has 0 aromatic carbocycles. The average Bonchev–Trinajstić information content (AvgIpc) is 2.15. The van der Waals surface area contributed by atoms with Crippen LogP contribution in [0.5, 0.6) is 0 Å². The van der Waals surface area contributed by atoms with E-state index in [1.807, 2.05) is 6.20 Å². The molecule has 0 aromatic rings. The first-order valence-electron chi connectivity index (χ1n) is 3.76. The lowest BCUT2D eigenvalue weighted by Crippen LogP contribution is -2.65. The second kappa shape index (κ2) is 2.64. The number of hydrogen-bond donors (Lipinski definition) is 1. The molecule has 2 aliphatic rings. The van der Waals surface area contributed by atoms with Crippen LogP contribution in [-0.4, -0.2) is 28.0 Å². The van der Waals surface area contributed by atoms with Crippen molar-refractivity contribution in [2.45, 2.75) is 11.4 Å². The fourth-order valence-electron chi connectivity index (χ4n) is 1.34. The predicted octanol–water partition coefficient (Wildman–Crippen LogP) is 0.299. The molecule has 64 valence electrons. The molecular formula is C8H10N2OS. The summed E-state index contributed by atoms with van der Waals surface area (Å²) >= 11 is 1.70. The number of carbonyl (C=O) groups excluding carboxylic acids is 1. The summed E-state index contributed by atoms with van der Waals surface area (Å²) in [4.78, 5) is 12.9. The fourth-order valence-corrected chi connectivity index (χ4v) is 2.55. The molecule has 4 heteroatoms. The first-order chi connectivity index (χ1) is 5.74. The van der Waals surface area contributed by atoms with Crippen LogP contribution in [0.4, 0.5) is 0 Å². The molecule has 2 N–H and O–H groups in total. The molecule has 0 saturated carbocycles. The van der Waals surface area contributed by atoms with E-state index < -0.39 is 0 Å². The van der Waals surface area contributed by atoms with Gasteiger partial charge in [0.15, 0.2) is 0 Å². The summed E-state index contributed by atoms with van der Waals surface area (Å²) in [6.45, 7) is 3.66. The van der Waals surface area contributed by atoms with E-state index in [4.69, 9.17) is 5.73 Å². The Bertz CT molecular complexity index is 274. The molecule has 0 bridgehead atoms. The van der Waals surface area contributed by atoms with Gasteiger partial charge in [-0.2, -0.15) is 0 Å². The van der Waals surface area contributed by atoms with Crippen LogP contribution in [0.2, 0.25) is 0 Å². The number of carbonyl (C=O) groups is 1. The van der Waals surface area contributed by atoms with Crippen molar-refractivity contribution in [1.29, 1.82) is 0 Å². The molecule has 0 spiro atoms. The van der Waals surface area contributed by atoms with Gasteiger partial charge in [0.05, 0.1) is 0 Å². The maximum absolute atomic E-state index is 11.2. The smallest absolute Gasteiger partial charge is 0.247 e. The zero-order valence-electron chi connectivity index (χ0n) is 6.56. The van der Waals surface area contributed by atoms with Crippen molar-refractivity contribution < 1.29 is 4.79 Å². The number of β-lactam (4-membered cyclic amide) rings is 1. The van der Waals surface area contributed by atoms with Crippen molar-refractivity contribution in [3.05, 3.63) is 24.4 Å². The third kappa shape index (κ3) is 0.916. The van der Waals surface area contributed by atoms with Crippen LogP contribution < -0.4 is 5.73 Å². The topological polar surface area (TPSA) is 46.3 Å². The van der Waals surface area contributed by atoms with E-state index >= 15 is 0 Å². The summed E-state index contributed by atoms with van der Waals surface area (Å²) in [6.07, 6.45) is 3.63. The monoisotopic (exact) mass is 182 g/mol. The summed E-state index contributed by atoms with van der Waals surface area (Å²) in [5.74, 6) is 0.928. The molecule has 2 aliphatic heterocycles. The van der Waals surface area contributed by atoms with Crippen LogP contribution in [0.3, 0.4) is 0 Å². The molecule has 0 aromatic heterocycles. The second-order valence-corrected chi connectivity index (χ2v) is 3.99. The van der Waals surface area contributed by atoms with E-state index in [-0.39, 0.29) is 17.3 Å². The summed E-state index contributed by atoms with van der Waals surface area (Å²) in [5, 5.41) is 0.168. The summed E-state index contributed by atoms with van der Waals surface area (Å²) in [6, 6.07) is -0.294. The maximum atomic E-state index is 11.2. The van der Waals surface area contributed by atoms with Crippen molar-refractivity contribution in [2.24, 2.45) is 5.73 Å². The van der Waals surface area contributed by atoms with Crippen molar-refractivity contribution in [3.63, 3.8) is 0 Å². The minimum absolute atomic E-state index is 0.0200. The quantitative estimate of drug-likeness (QED) is 0.593. The van der Waals surface area contributed by atoms with Gasteiger partial charge in [-0.3, -0.25) is 4.79 Å². The molecule has 2 atom stereocenters. The van der Waals surface area contributed by atoms with Crippen molar-refractivity contribution in [2.75, 3.05) is 5.75 Å². The van der Waals surface area contributed by atoms with E-state index in [0.717, 1.165) is 11.3 Å². The Morgan fingerprint density at radius 1 is 1.83 bits per heavy atom. The van der Waals surface area contributed by atoms with Crippen LogP contribution in [0.15, 0.2) is 24.4 Å². The molecule has 0 aliphatic carbocycles. The van der Waals surface area contributed by atoms with Crippen LogP contribution in [0, 0.1) is 0 Å². The van der Waals surface area contributed by atoms with Gasteiger partial charge in [0.25, 0.3) is 0 Å². The van der Waals surface area contributed by atoms with Gasteiger partial charge in [0.1, 0.15) is 11.4 Å². The van der Waals surface area contributed by atoms with E-state index in [2.05, 4.69) is 6.58 Å². The molecule has 2 heterocycles. The Balaban J connectivity index is 2.20. The molecule has 3 nitrogen and oxygen atoms in total. The number of thioether (sulfide) groups is 1. The number of hydrogen-bond acceptors (Lipinski definition) is 3. The SMILES string of the molecule is C=CC1=CN2C(=O)C(N)[C@@H]2SC1. The van der Waals surface area contributed by atoms with Crippen molar-refractivity contribution in [3.8, 4) is 0 Å². The fraction of sp³-hybridized carbons (Fsp3) is 0.375.